The van der Waals surface area contributed by atoms with Gasteiger partial charge in [-0.05, 0) is 6.08 Å². The van der Waals surface area contributed by atoms with Crippen LogP contribution in [0.5, 0.6) is 0 Å². The first-order valence-corrected chi connectivity index (χ1v) is 5.48. The monoisotopic (exact) mass is 265 g/mol. The Morgan fingerprint density at radius 2 is 2.37 bits per heavy atom. The third-order valence-electron chi connectivity index (χ3n) is 2.80. The summed E-state index contributed by atoms with van der Waals surface area (Å²) < 4.78 is 6.74. The number of aliphatic hydroxyl groups is 2. The number of imidazole rings is 1. The number of aromatic nitrogens is 4. The maximum atomic E-state index is 11.6. The molecule has 2 unspecified atom stereocenters. The Bertz CT molecular complexity index is 718. The average molecular weight is 265 g/mol. The topological polar surface area (TPSA) is 139 Å². The van der Waals surface area contributed by atoms with Crippen molar-refractivity contribution in [3.8, 4) is 0 Å². The molecule has 9 nitrogen and oxygen atoms in total. The van der Waals surface area contributed by atoms with E-state index < -0.39 is 17.9 Å². The number of nitrogen functional groups attached to an aromatic ring is 1. The molecule has 100 valence electrons. The molecule has 9 heteroatoms. The second kappa shape index (κ2) is 4.07. The van der Waals surface area contributed by atoms with Gasteiger partial charge in [0.1, 0.15) is 24.8 Å². The number of ether oxygens (including phenoxy) is 1. The average Bonchev–Trinajstić information content (AvgIpc) is 2.92. The number of anilines is 1. The molecule has 0 radical (unpaired) electrons. The van der Waals surface area contributed by atoms with Gasteiger partial charge in [-0.1, -0.05) is 0 Å². The van der Waals surface area contributed by atoms with Gasteiger partial charge in [0.15, 0.2) is 11.2 Å². The van der Waals surface area contributed by atoms with Crippen molar-refractivity contribution < 1.29 is 14.9 Å². The first-order valence-electron chi connectivity index (χ1n) is 5.48. The van der Waals surface area contributed by atoms with Crippen molar-refractivity contribution in [1.29, 1.82) is 0 Å². The van der Waals surface area contributed by atoms with Crippen LogP contribution < -0.4 is 11.3 Å². The number of fused-ring (bicyclic) bond motifs is 1. The van der Waals surface area contributed by atoms with E-state index in [0.29, 0.717) is 0 Å². The molecular weight excluding hydrogens is 254 g/mol. The Morgan fingerprint density at radius 3 is 3.05 bits per heavy atom. The predicted octanol–water partition coefficient (Wildman–Crippen LogP) is -1.53. The smallest absolute Gasteiger partial charge is 0.280 e. The molecule has 1 aliphatic rings. The highest BCUT2D eigenvalue weighted by molar-refractivity contribution is 5.70. The molecule has 0 fully saturated rings. The molecule has 19 heavy (non-hydrogen) atoms. The summed E-state index contributed by atoms with van der Waals surface area (Å²) in [5, 5.41) is 18.8. The van der Waals surface area contributed by atoms with Crippen molar-refractivity contribution in [2.24, 2.45) is 0 Å². The van der Waals surface area contributed by atoms with Crippen LogP contribution in [-0.2, 0) is 4.74 Å². The summed E-state index contributed by atoms with van der Waals surface area (Å²) in [5.74, 6) is 0.194. The van der Waals surface area contributed by atoms with Gasteiger partial charge in [-0.15, -0.1) is 0 Å². The summed E-state index contributed by atoms with van der Waals surface area (Å²) in [6.45, 7) is -0.323. The van der Waals surface area contributed by atoms with Gasteiger partial charge in [0.2, 0.25) is 12.2 Å². The molecule has 0 spiro atoms. The van der Waals surface area contributed by atoms with Gasteiger partial charge in [-0.2, -0.15) is 4.98 Å². The summed E-state index contributed by atoms with van der Waals surface area (Å²) in [5.41, 5.74) is 5.31. The number of H-pyrrole nitrogens is 1. The normalized spacial score (nSPS) is 22.5. The van der Waals surface area contributed by atoms with Crippen molar-refractivity contribution in [1.82, 2.24) is 19.5 Å². The molecule has 5 N–H and O–H groups in total. The summed E-state index contributed by atoms with van der Waals surface area (Å²) in [7, 11) is 0. The van der Waals surface area contributed by atoms with Crippen LogP contribution in [0.4, 0.5) is 5.95 Å². The maximum absolute atomic E-state index is 11.6. The number of aromatic amines is 1. The highest BCUT2D eigenvalue weighted by atomic mass is 16.5. The fraction of sp³-hybridized carbons (Fsp3) is 0.300. The van der Waals surface area contributed by atoms with Crippen LogP contribution in [0.2, 0.25) is 0 Å². The lowest BCUT2D eigenvalue weighted by molar-refractivity contribution is -0.00499. The van der Waals surface area contributed by atoms with E-state index in [9.17, 15) is 9.90 Å². The number of nitrogens with one attached hydrogen (secondary N) is 1. The molecule has 0 saturated carbocycles. The van der Waals surface area contributed by atoms with Gasteiger partial charge < -0.3 is 20.7 Å². The van der Waals surface area contributed by atoms with E-state index >= 15 is 0 Å². The van der Waals surface area contributed by atoms with Gasteiger partial charge in [0.05, 0.1) is 0 Å². The van der Waals surface area contributed by atoms with Crippen LogP contribution in [0, 0.1) is 0 Å². The number of hydrogen-bond acceptors (Lipinski definition) is 7. The van der Waals surface area contributed by atoms with Crippen LogP contribution >= 0.6 is 0 Å². The van der Waals surface area contributed by atoms with Crippen LogP contribution in [-0.4, -0.2) is 42.4 Å². The fourth-order valence-electron chi connectivity index (χ4n) is 1.98. The Kier molecular flexibility index (Phi) is 2.50. The van der Waals surface area contributed by atoms with Crippen LogP contribution in [0.25, 0.3) is 11.2 Å². The van der Waals surface area contributed by atoms with Gasteiger partial charge in [0, 0.05) is 0 Å². The predicted molar refractivity (Wildman–Crippen MR) is 63.9 cm³/mol. The summed E-state index contributed by atoms with van der Waals surface area (Å²) in [6.07, 6.45) is 0.907. The molecule has 0 aromatic carbocycles. The minimum atomic E-state index is -0.970. The van der Waals surface area contributed by atoms with E-state index in [2.05, 4.69) is 15.0 Å². The lowest BCUT2D eigenvalue weighted by atomic mass is 10.3. The standard InChI is InChI=1S/C10H11N5O4/c11-10-13-7-6(8(18)14-10)12-3-15(7)9-5(17)1-4(2-16)19-9/h1,3,5,9,16-17H,2H2,(H3,11,13,14,18). The quantitative estimate of drug-likeness (QED) is 0.516. The van der Waals surface area contributed by atoms with Crippen LogP contribution in [0.3, 0.4) is 0 Å². The van der Waals surface area contributed by atoms with Gasteiger partial charge in [0.25, 0.3) is 5.56 Å². The largest absolute Gasteiger partial charge is 0.469 e. The van der Waals surface area contributed by atoms with E-state index in [1.54, 1.807) is 0 Å². The van der Waals surface area contributed by atoms with Crippen LogP contribution in [0.15, 0.2) is 23.0 Å². The van der Waals surface area contributed by atoms with Gasteiger partial charge in [-0.3, -0.25) is 14.3 Å². The van der Waals surface area contributed by atoms with Crippen molar-refractivity contribution in [3.05, 3.63) is 28.5 Å². The number of hydrogen-bond donors (Lipinski definition) is 4. The lowest BCUT2D eigenvalue weighted by Crippen LogP contribution is -2.21. The molecule has 2 aromatic rings. The zero-order valence-corrected chi connectivity index (χ0v) is 9.65. The maximum Gasteiger partial charge on any atom is 0.280 e. The van der Waals surface area contributed by atoms with Gasteiger partial charge in [-0.25, -0.2) is 4.98 Å². The second-order valence-corrected chi connectivity index (χ2v) is 4.07. The first-order chi connectivity index (χ1) is 9.10. The van der Waals surface area contributed by atoms with E-state index in [1.807, 2.05) is 0 Å². The van der Waals surface area contributed by atoms with Crippen molar-refractivity contribution in [3.63, 3.8) is 0 Å². The first kappa shape index (κ1) is 11.7. The zero-order chi connectivity index (χ0) is 13.6. The molecule has 0 bridgehead atoms. The SMILES string of the molecule is Nc1nc2c(ncn2C2OC(CO)=CC2O)c(=O)[nH]1. The Balaban J connectivity index is 2.10. The molecule has 2 atom stereocenters. The summed E-state index contributed by atoms with van der Waals surface area (Å²) in [6, 6.07) is 0. The van der Waals surface area contributed by atoms with E-state index in [-0.39, 0.29) is 29.5 Å². The third-order valence-corrected chi connectivity index (χ3v) is 2.80. The Morgan fingerprint density at radius 1 is 1.58 bits per heavy atom. The number of nitrogens with two attached hydrogens (primary N) is 1. The Hall–Kier alpha value is -2.39. The number of aliphatic hydroxyl groups excluding tert-OH is 2. The zero-order valence-electron chi connectivity index (χ0n) is 9.65. The minimum absolute atomic E-state index is 0.0536. The molecule has 0 amide bonds. The highest BCUT2D eigenvalue weighted by Crippen LogP contribution is 2.28. The molecule has 0 aliphatic carbocycles. The number of nitrogens with zero attached hydrogens (tertiary/aromatic N) is 3. The Labute approximate surface area is 106 Å². The second-order valence-electron chi connectivity index (χ2n) is 4.07. The summed E-state index contributed by atoms with van der Waals surface area (Å²) >= 11 is 0. The van der Waals surface area contributed by atoms with Gasteiger partial charge >= 0.3 is 0 Å². The third kappa shape index (κ3) is 1.75. The van der Waals surface area contributed by atoms with E-state index in [4.69, 9.17) is 15.6 Å². The molecule has 0 saturated heterocycles. The number of rotatable bonds is 2. The van der Waals surface area contributed by atoms with E-state index in [0.717, 1.165) is 0 Å². The fourth-order valence-corrected chi connectivity index (χ4v) is 1.98. The minimum Gasteiger partial charge on any atom is -0.469 e. The molecule has 1 aliphatic heterocycles. The van der Waals surface area contributed by atoms with Crippen molar-refractivity contribution in [2.75, 3.05) is 12.3 Å². The van der Waals surface area contributed by atoms with Crippen molar-refractivity contribution in [2.45, 2.75) is 12.3 Å². The molecule has 3 heterocycles. The molecular formula is C10H11N5O4. The highest BCUT2D eigenvalue weighted by Gasteiger charge is 2.30. The molecule has 2 aromatic heterocycles. The van der Waals surface area contributed by atoms with Crippen molar-refractivity contribution >= 4 is 17.1 Å². The van der Waals surface area contributed by atoms with Crippen LogP contribution in [0.1, 0.15) is 6.23 Å². The summed E-state index contributed by atoms with van der Waals surface area (Å²) in [4.78, 5) is 21.8. The lowest BCUT2D eigenvalue weighted by Gasteiger charge is -2.17. The molecule has 3 rings (SSSR count). The van der Waals surface area contributed by atoms with E-state index in [1.165, 1.54) is 17.0 Å².